The minimum Gasteiger partial charge on any atom is -0.340 e. The monoisotopic (exact) mass is 329 g/mol. The van der Waals surface area contributed by atoms with Gasteiger partial charge in [-0.15, -0.1) is 6.58 Å². The predicted molar refractivity (Wildman–Crippen MR) is 86.7 cm³/mol. The van der Waals surface area contributed by atoms with Crippen LogP contribution in [0.25, 0.3) is 0 Å². The average molecular weight is 329 g/mol. The van der Waals surface area contributed by atoms with Crippen molar-refractivity contribution in [3.8, 4) is 0 Å². The number of hydrogen-bond donors (Lipinski definition) is 0. The first-order valence-electron chi connectivity index (χ1n) is 7.43. The van der Waals surface area contributed by atoms with E-state index < -0.39 is 30.3 Å². The van der Waals surface area contributed by atoms with Crippen molar-refractivity contribution in [3.05, 3.63) is 48.0 Å². The fraction of sp³-hybridized carbons (Fsp3) is 0.294. The molecular weight excluding hydrogens is 310 g/mol. The lowest BCUT2D eigenvalue weighted by Gasteiger charge is -2.20. The van der Waals surface area contributed by atoms with Crippen LogP contribution >= 0.6 is 0 Å². The molecule has 0 saturated carbocycles. The first-order valence-corrected chi connectivity index (χ1v) is 7.43. The van der Waals surface area contributed by atoms with Crippen LogP contribution in [0.1, 0.15) is 11.1 Å². The van der Waals surface area contributed by atoms with Crippen LogP contribution in [-0.2, 0) is 20.9 Å². The summed E-state index contributed by atoms with van der Waals surface area (Å²) in [5.41, 5.74) is 2.04. The summed E-state index contributed by atoms with van der Waals surface area (Å²) in [6.07, 6.45) is 1.35. The van der Waals surface area contributed by atoms with Crippen LogP contribution in [0.4, 0.5) is 4.79 Å². The number of amides is 5. The summed E-state index contributed by atoms with van der Waals surface area (Å²) in [5, 5.41) is 0. The van der Waals surface area contributed by atoms with Crippen molar-refractivity contribution in [3.63, 3.8) is 0 Å². The zero-order valence-electron chi connectivity index (χ0n) is 13.7. The zero-order chi connectivity index (χ0) is 17.9. The van der Waals surface area contributed by atoms with Crippen LogP contribution in [0.5, 0.6) is 0 Å². The van der Waals surface area contributed by atoms with Crippen LogP contribution in [0, 0.1) is 6.92 Å². The molecule has 1 aromatic rings. The van der Waals surface area contributed by atoms with Gasteiger partial charge in [-0.2, -0.15) is 0 Å². The molecule has 1 saturated heterocycles. The van der Waals surface area contributed by atoms with Gasteiger partial charge in [0.25, 0.3) is 0 Å². The maximum Gasteiger partial charge on any atom is 0.335 e. The number of urea groups is 1. The molecular formula is C17H19N3O4. The van der Waals surface area contributed by atoms with Crippen molar-refractivity contribution in [2.75, 3.05) is 20.1 Å². The Morgan fingerprint density at radius 2 is 1.71 bits per heavy atom. The van der Waals surface area contributed by atoms with Gasteiger partial charge < -0.3 is 4.90 Å². The Morgan fingerprint density at radius 1 is 1.12 bits per heavy atom. The molecule has 1 aliphatic rings. The summed E-state index contributed by atoms with van der Waals surface area (Å²) in [5.74, 6) is -2.35. The maximum absolute atomic E-state index is 12.3. The Morgan fingerprint density at radius 3 is 2.29 bits per heavy atom. The third-order valence-electron chi connectivity index (χ3n) is 3.71. The standard InChI is InChI=1S/C17H19N3O4/c1-4-9-19-15(22)16(23)20(17(19)24)11-14(21)18(3)10-13-7-5-12(2)6-8-13/h4-8H,1,9-11H2,2-3H3. The SMILES string of the molecule is C=CCN1C(=O)C(=O)N(CC(=O)N(C)Cc2ccc(C)cc2)C1=O. The van der Waals surface area contributed by atoms with Gasteiger partial charge in [-0.1, -0.05) is 35.9 Å². The van der Waals surface area contributed by atoms with E-state index in [9.17, 15) is 19.2 Å². The molecule has 0 atom stereocenters. The van der Waals surface area contributed by atoms with E-state index in [0.717, 1.165) is 16.0 Å². The maximum atomic E-state index is 12.3. The van der Waals surface area contributed by atoms with Gasteiger partial charge in [0, 0.05) is 20.1 Å². The van der Waals surface area contributed by atoms with E-state index in [2.05, 4.69) is 6.58 Å². The number of benzene rings is 1. The summed E-state index contributed by atoms with van der Waals surface area (Å²) in [4.78, 5) is 50.8. The van der Waals surface area contributed by atoms with Crippen LogP contribution in [0.2, 0.25) is 0 Å². The number of likely N-dealkylation sites (N-methyl/N-ethyl adjacent to an activating group) is 1. The van der Waals surface area contributed by atoms with Gasteiger partial charge in [-0.05, 0) is 12.5 Å². The summed E-state index contributed by atoms with van der Waals surface area (Å²) in [7, 11) is 1.58. The first-order chi connectivity index (χ1) is 11.3. The topological polar surface area (TPSA) is 78.0 Å². The highest BCUT2D eigenvalue weighted by atomic mass is 16.2. The van der Waals surface area contributed by atoms with Gasteiger partial charge in [-0.25, -0.2) is 9.69 Å². The second-order valence-corrected chi connectivity index (χ2v) is 5.61. The molecule has 0 aromatic heterocycles. The van der Waals surface area contributed by atoms with E-state index in [0.29, 0.717) is 11.4 Å². The fourth-order valence-corrected chi connectivity index (χ4v) is 2.29. The Bertz CT molecular complexity index is 696. The van der Waals surface area contributed by atoms with Crippen LogP contribution < -0.4 is 0 Å². The second kappa shape index (κ2) is 7.08. The molecule has 0 unspecified atom stereocenters. The highest BCUT2D eigenvalue weighted by Crippen LogP contribution is 2.13. The molecule has 24 heavy (non-hydrogen) atoms. The van der Waals surface area contributed by atoms with Gasteiger partial charge >= 0.3 is 17.8 Å². The lowest BCUT2D eigenvalue weighted by Crippen LogP contribution is -2.42. The Kier molecular flexibility index (Phi) is 5.13. The largest absolute Gasteiger partial charge is 0.340 e. The smallest absolute Gasteiger partial charge is 0.335 e. The summed E-state index contributed by atoms with van der Waals surface area (Å²) in [6.45, 7) is 5.23. The van der Waals surface area contributed by atoms with Crippen LogP contribution in [0.3, 0.4) is 0 Å². The van der Waals surface area contributed by atoms with E-state index >= 15 is 0 Å². The molecule has 1 aromatic carbocycles. The number of aryl methyl sites for hydroxylation is 1. The van der Waals surface area contributed by atoms with Crippen molar-refractivity contribution in [1.29, 1.82) is 0 Å². The minimum atomic E-state index is -0.987. The molecule has 7 heteroatoms. The minimum absolute atomic E-state index is 0.0622. The van der Waals surface area contributed by atoms with Crippen molar-refractivity contribution in [1.82, 2.24) is 14.7 Å². The van der Waals surface area contributed by atoms with Crippen molar-refractivity contribution in [2.45, 2.75) is 13.5 Å². The number of carbonyl (C=O) groups excluding carboxylic acids is 4. The predicted octanol–water partition coefficient (Wildman–Crippen LogP) is 0.930. The lowest BCUT2D eigenvalue weighted by atomic mass is 10.1. The second-order valence-electron chi connectivity index (χ2n) is 5.61. The van der Waals surface area contributed by atoms with Crippen LogP contribution in [0.15, 0.2) is 36.9 Å². The molecule has 1 heterocycles. The molecule has 2 rings (SSSR count). The molecule has 126 valence electrons. The normalized spacial score (nSPS) is 14.3. The van der Waals surface area contributed by atoms with Gasteiger partial charge in [0.2, 0.25) is 5.91 Å². The Hall–Kier alpha value is -2.96. The van der Waals surface area contributed by atoms with E-state index in [1.807, 2.05) is 31.2 Å². The third-order valence-corrected chi connectivity index (χ3v) is 3.71. The van der Waals surface area contributed by atoms with E-state index in [-0.39, 0.29) is 6.54 Å². The van der Waals surface area contributed by atoms with Gasteiger partial charge in [-0.3, -0.25) is 19.3 Å². The molecule has 0 aliphatic carbocycles. The van der Waals surface area contributed by atoms with E-state index in [1.165, 1.54) is 11.0 Å². The zero-order valence-corrected chi connectivity index (χ0v) is 13.7. The number of carbonyl (C=O) groups is 4. The van der Waals surface area contributed by atoms with Gasteiger partial charge in [0.15, 0.2) is 0 Å². The average Bonchev–Trinajstić information content (AvgIpc) is 2.75. The van der Waals surface area contributed by atoms with E-state index in [1.54, 1.807) is 7.05 Å². The number of rotatable bonds is 6. The summed E-state index contributed by atoms with van der Waals surface area (Å²) < 4.78 is 0. The fourth-order valence-electron chi connectivity index (χ4n) is 2.29. The Balaban J connectivity index is 2.01. The summed E-state index contributed by atoms with van der Waals surface area (Å²) in [6, 6.07) is 6.89. The van der Waals surface area contributed by atoms with Gasteiger partial charge in [0.1, 0.15) is 6.54 Å². The highest BCUT2D eigenvalue weighted by molar-refractivity contribution is 6.45. The molecule has 0 spiro atoms. The number of hydrogen-bond acceptors (Lipinski definition) is 4. The molecule has 1 fully saturated rings. The first kappa shape index (κ1) is 17.4. The number of nitrogens with zero attached hydrogens (tertiary/aromatic N) is 3. The molecule has 5 amide bonds. The third kappa shape index (κ3) is 3.51. The molecule has 0 N–H and O–H groups in total. The molecule has 7 nitrogen and oxygen atoms in total. The van der Waals surface area contributed by atoms with Crippen molar-refractivity contribution < 1.29 is 19.2 Å². The molecule has 0 bridgehead atoms. The van der Waals surface area contributed by atoms with Gasteiger partial charge in [0.05, 0.1) is 0 Å². The molecule has 1 aliphatic heterocycles. The Labute approximate surface area is 140 Å². The number of imide groups is 2. The summed E-state index contributed by atoms with van der Waals surface area (Å²) >= 11 is 0. The highest BCUT2D eigenvalue weighted by Gasteiger charge is 2.44. The lowest BCUT2D eigenvalue weighted by molar-refractivity contribution is -0.144. The van der Waals surface area contributed by atoms with Crippen molar-refractivity contribution in [2.24, 2.45) is 0 Å². The molecule has 0 radical (unpaired) electrons. The van der Waals surface area contributed by atoms with Crippen LogP contribution in [-0.4, -0.2) is 58.6 Å². The van der Waals surface area contributed by atoms with E-state index in [4.69, 9.17) is 0 Å². The van der Waals surface area contributed by atoms with Crippen molar-refractivity contribution >= 4 is 23.8 Å². The quantitative estimate of drug-likeness (QED) is 0.442.